The van der Waals surface area contributed by atoms with Crippen molar-refractivity contribution < 1.29 is 18.3 Å². The van der Waals surface area contributed by atoms with E-state index in [-0.39, 0.29) is 11.2 Å². The fraction of sp³-hybridized carbons (Fsp3) is 0.444. The van der Waals surface area contributed by atoms with Crippen LogP contribution in [0, 0.1) is 0 Å². The van der Waals surface area contributed by atoms with Crippen molar-refractivity contribution in [3.8, 4) is 5.75 Å². The van der Waals surface area contributed by atoms with Crippen molar-refractivity contribution in [3.05, 3.63) is 46.5 Å². The molecule has 0 aliphatic rings. The summed E-state index contributed by atoms with van der Waals surface area (Å²) in [5.41, 5.74) is 1.50. The van der Waals surface area contributed by atoms with Crippen molar-refractivity contribution in [2.24, 2.45) is 0 Å². The van der Waals surface area contributed by atoms with E-state index in [4.69, 9.17) is 0 Å². The van der Waals surface area contributed by atoms with Crippen LogP contribution >= 0.6 is 15.9 Å². The minimum absolute atomic E-state index is 0.00852. The zero-order valence-electron chi connectivity index (χ0n) is 14.0. The first kappa shape index (κ1) is 19.8. The first-order chi connectivity index (χ1) is 10.4. The molecular weight excluding hydrogens is 369 g/mol. The average molecular weight is 391 g/mol. The van der Waals surface area contributed by atoms with E-state index in [1.54, 1.807) is 19.1 Å². The highest BCUT2D eigenvalue weighted by atomic mass is 79.9. The molecule has 0 unspecified atom stereocenters. The third kappa shape index (κ3) is 4.87. The van der Waals surface area contributed by atoms with Crippen molar-refractivity contribution in [1.29, 1.82) is 0 Å². The van der Waals surface area contributed by atoms with Gasteiger partial charge in [0.25, 0.3) is 0 Å². The van der Waals surface area contributed by atoms with Gasteiger partial charge in [0.2, 0.25) is 0 Å². The number of hydrogen-bond acceptors (Lipinski definition) is 1. The van der Waals surface area contributed by atoms with E-state index in [9.17, 15) is 18.3 Å². The highest BCUT2D eigenvalue weighted by molar-refractivity contribution is 9.08. The molecule has 1 rings (SSSR count). The number of phenols is 1. The van der Waals surface area contributed by atoms with Gasteiger partial charge in [-0.2, -0.15) is 13.2 Å². The maximum atomic E-state index is 12.8. The third-order valence-corrected chi connectivity index (χ3v) is 4.24. The Bertz CT molecular complexity index is 635. The molecule has 0 radical (unpaired) electrons. The number of alkyl halides is 4. The second-order valence-corrected chi connectivity index (χ2v) is 7.05. The molecule has 0 saturated carbocycles. The molecule has 0 aliphatic carbocycles. The van der Waals surface area contributed by atoms with E-state index >= 15 is 0 Å². The van der Waals surface area contributed by atoms with Gasteiger partial charge in [-0.3, -0.25) is 0 Å². The second kappa shape index (κ2) is 7.12. The minimum Gasteiger partial charge on any atom is -0.507 e. The molecule has 0 fully saturated rings. The lowest BCUT2D eigenvalue weighted by Gasteiger charge is -2.22. The molecule has 0 heterocycles. The van der Waals surface area contributed by atoms with Crippen LogP contribution < -0.4 is 0 Å². The number of benzene rings is 1. The normalized spacial score (nSPS) is 14.3. The van der Waals surface area contributed by atoms with Crippen LogP contribution in [0.4, 0.5) is 13.2 Å². The van der Waals surface area contributed by atoms with Crippen molar-refractivity contribution in [2.45, 2.75) is 51.5 Å². The third-order valence-electron chi connectivity index (χ3n) is 3.64. The summed E-state index contributed by atoms with van der Waals surface area (Å²) in [6.07, 6.45) is -1.74. The number of phenolic OH excluding ortho intramolecular Hbond substituents is 1. The van der Waals surface area contributed by atoms with Crippen molar-refractivity contribution in [2.75, 3.05) is 0 Å². The summed E-state index contributed by atoms with van der Waals surface area (Å²) in [6.45, 7) is 8.75. The van der Waals surface area contributed by atoms with Crippen LogP contribution in [0.15, 0.2) is 29.9 Å². The molecule has 1 nitrogen and oxygen atoms in total. The number of halogens is 4. The summed E-state index contributed by atoms with van der Waals surface area (Å²) >= 11 is 3.32. The highest BCUT2D eigenvalue weighted by Crippen LogP contribution is 2.37. The Morgan fingerprint density at radius 1 is 1.22 bits per heavy atom. The largest absolute Gasteiger partial charge is 0.507 e. The van der Waals surface area contributed by atoms with E-state index in [0.717, 1.165) is 18.6 Å². The van der Waals surface area contributed by atoms with Gasteiger partial charge in [0.1, 0.15) is 5.75 Å². The maximum Gasteiger partial charge on any atom is 0.412 e. The Morgan fingerprint density at radius 3 is 2.17 bits per heavy atom. The van der Waals surface area contributed by atoms with Gasteiger partial charge in [-0.1, -0.05) is 48.8 Å². The number of aromatic hydroxyl groups is 1. The Kier molecular flexibility index (Phi) is 6.13. The molecule has 0 amide bonds. The molecule has 0 spiro atoms. The van der Waals surface area contributed by atoms with Crippen LogP contribution in [-0.2, 0) is 10.7 Å². The molecule has 23 heavy (non-hydrogen) atoms. The fourth-order valence-electron chi connectivity index (χ4n) is 2.08. The molecule has 0 aromatic heterocycles. The standard InChI is InChI=1S/C18H22BrF3O/c1-6-12(7-11(2)18(20,21)22)15-9-14(17(3,4)5)8-13(10-19)16(15)23/h6-9,23H,10H2,1-5H3/b11-7+,12-6+. The van der Waals surface area contributed by atoms with Gasteiger partial charge in [0.15, 0.2) is 0 Å². The molecular formula is C18H22BrF3O. The Hall–Kier alpha value is -1.23. The fourth-order valence-corrected chi connectivity index (χ4v) is 2.51. The van der Waals surface area contributed by atoms with E-state index in [1.807, 2.05) is 26.8 Å². The minimum atomic E-state index is -4.39. The van der Waals surface area contributed by atoms with Gasteiger partial charge in [0, 0.05) is 22.0 Å². The Balaban J connectivity index is 3.57. The monoisotopic (exact) mass is 390 g/mol. The molecule has 1 N–H and O–H groups in total. The summed E-state index contributed by atoms with van der Waals surface area (Å²) in [5, 5.41) is 10.8. The molecule has 0 aliphatic heterocycles. The predicted molar refractivity (Wildman–Crippen MR) is 92.9 cm³/mol. The van der Waals surface area contributed by atoms with Crippen LogP contribution in [-0.4, -0.2) is 11.3 Å². The first-order valence-electron chi connectivity index (χ1n) is 7.26. The van der Waals surface area contributed by atoms with E-state index in [0.29, 0.717) is 22.0 Å². The molecule has 5 heteroatoms. The van der Waals surface area contributed by atoms with Gasteiger partial charge in [-0.05, 0) is 42.5 Å². The zero-order chi connectivity index (χ0) is 18.0. The smallest absolute Gasteiger partial charge is 0.412 e. The lowest BCUT2D eigenvalue weighted by Crippen LogP contribution is -2.12. The molecule has 0 atom stereocenters. The summed E-state index contributed by atoms with van der Waals surface area (Å²) in [5.74, 6) is 0.00852. The average Bonchev–Trinajstić information content (AvgIpc) is 2.42. The van der Waals surface area contributed by atoms with Gasteiger partial charge < -0.3 is 5.11 Å². The first-order valence-corrected chi connectivity index (χ1v) is 8.38. The van der Waals surface area contributed by atoms with E-state index in [2.05, 4.69) is 15.9 Å². The SMILES string of the molecule is C/C=C(\C=C(/C)C(F)(F)F)c1cc(C(C)(C)C)cc(CBr)c1O. The molecule has 1 aromatic rings. The Morgan fingerprint density at radius 2 is 1.78 bits per heavy atom. The van der Waals surface area contributed by atoms with Crippen LogP contribution in [0.3, 0.4) is 0 Å². The van der Waals surface area contributed by atoms with Crippen LogP contribution in [0.25, 0.3) is 5.57 Å². The topological polar surface area (TPSA) is 20.2 Å². The summed E-state index contributed by atoms with van der Waals surface area (Å²) in [6, 6.07) is 3.64. The van der Waals surface area contributed by atoms with E-state index in [1.165, 1.54) is 0 Å². The van der Waals surface area contributed by atoms with Gasteiger partial charge in [0.05, 0.1) is 0 Å². The molecule has 0 saturated heterocycles. The number of allylic oxidation sites excluding steroid dienone is 4. The molecule has 0 bridgehead atoms. The van der Waals surface area contributed by atoms with Crippen LogP contribution in [0.5, 0.6) is 5.75 Å². The van der Waals surface area contributed by atoms with Crippen molar-refractivity contribution in [3.63, 3.8) is 0 Å². The maximum absolute atomic E-state index is 12.8. The van der Waals surface area contributed by atoms with Gasteiger partial charge >= 0.3 is 6.18 Å². The van der Waals surface area contributed by atoms with E-state index < -0.39 is 11.7 Å². The lowest BCUT2D eigenvalue weighted by atomic mass is 9.83. The zero-order valence-corrected chi connectivity index (χ0v) is 15.6. The highest BCUT2D eigenvalue weighted by Gasteiger charge is 2.30. The predicted octanol–water partition coefficient (Wildman–Crippen LogP) is 6.50. The number of rotatable bonds is 3. The quantitative estimate of drug-likeness (QED) is 0.461. The summed E-state index contributed by atoms with van der Waals surface area (Å²) in [7, 11) is 0. The molecule has 128 valence electrons. The van der Waals surface area contributed by atoms with Crippen molar-refractivity contribution >= 4 is 21.5 Å². The second-order valence-electron chi connectivity index (χ2n) is 6.48. The lowest BCUT2D eigenvalue weighted by molar-refractivity contribution is -0.0912. The van der Waals surface area contributed by atoms with Gasteiger partial charge in [-0.15, -0.1) is 0 Å². The van der Waals surface area contributed by atoms with Crippen LogP contribution in [0.2, 0.25) is 0 Å². The van der Waals surface area contributed by atoms with Gasteiger partial charge in [-0.25, -0.2) is 0 Å². The summed E-state index contributed by atoms with van der Waals surface area (Å²) in [4.78, 5) is 0. The molecule has 1 aromatic carbocycles. The summed E-state index contributed by atoms with van der Waals surface area (Å²) < 4.78 is 38.4. The Labute approximate surface area is 144 Å². The number of hydrogen-bond donors (Lipinski definition) is 1. The van der Waals surface area contributed by atoms with Crippen molar-refractivity contribution in [1.82, 2.24) is 0 Å². The van der Waals surface area contributed by atoms with Crippen LogP contribution in [0.1, 0.15) is 51.3 Å².